The van der Waals surface area contributed by atoms with E-state index in [2.05, 4.69) is 5.92 Å². The number of nitrogens with one attached hydrogen (secondary N) is 1. The number of aromatic amines is 1. The van der Waals surface area contributed by atoms with Crippen LogP contribution in [0.25, 0.3) is 0 Å². The molecule has 108 valence electrons. The molecular formula is C12H15N3O5. The van der Waals surface area contributed by atoms with Crippen LogP contribution in [-0.2, 0) is 4.74 Å². The van der Waals surface area contributed by atoms with Gasteiger partial charge in [-0.3, -0.25) is 14.3 Å². The molecule has 1 unspecified atom stereocenters. The third kappa shape index (κ3) is 2.07. The first-order chi connectivity index (χ1) is 9.31. The Labute approximate surface area is 113 Å². The summed E-state index contributed by atoms with van der Waals surface area (Å²) >= 11 is 0. The number of nitrogens with two attached hydrogens (primary N) is 1. The molecule has 5 N–H and O–H groups in total. The number of terminal acetylenes is 1. The monoisotopic (exact) mass is 281 g/mol. The van der Waals surface area contributed by atoms with Crippen LogP contribution in [0.15, 0.2) is 21.9 Å². The molecule has 0 saturated carbocycles. The minimum absolute atomic E-state index is 0.583. The van der Waals surface area contributed by atoms with E-state index in [0.717, 1.165) is 10.6 Å². The smallest absolute Gasteiger partial charge is 0.330 e. The van der Waals surface area contributed by atoms with E-state index < -0.39 is 41.3 Å². The first-order valence-corrected chi connectivity index (χ1v) is 5.91. The maximum Gasteiger partial charge on any atom is 0.330 e. The normalized spacial score (nSPS) is 34.6. The van der Waals surface area contributed by atoms with Crippen molar-refractivity contribution in [2.24, 2.45) is 5.73 Å². The second kappa shape index (κ2) is 4.88. The van der Waals surface area contributed by atoms with E-state index in [1.165, 1.54) is 13.1 Å². The van der Waals surface area contributed by atoms with Crippen molar-refractivity contribution in [1.29, 1.82) is 0 Å². The summed E-state index contributed by atoms with van der Waals surface area (Å²) < 4.78 is 6.40. The average Bonchev–Trinajstić information content (AvgIpc) is 2.64. The molecule has 0 amide bonds. The second-order valence-corrected chi connectivity index (χ2v) is 4.73. The zero-order chi connectivity index (χ0) is 15.1. The van der Waals surface area contributed by atoms with Gasteiger partial charge in [0.15, 0.2) is 11.8 Å². The number of hydrogen-bond acceptors (Lipinski definition) is 6. The fraction of sp³-hybridized carbons (Fsp3) is 0.500. The summed E-state index contributed by atoms with van der Waals surface area (Å²) in [6, 6.07) is 1.10. The Hall–Kier alpha value is -1.92. The van der Waals surface area contributed by atoms with Crippen molar-refractivity contribution in [3.63, 3.8) is 0 Å². The Balaban J connectivity index is 2.53. The summed E-state index contributed by atoms with van der Waals surface area (Å²) in [4.78, 5) is 24.9. The molecule has 1 aliphatic rings. The lowest BCUT2D eigenvalue weighted by atomic mass is 9.90. The Kier molecular flexibility index (Phi) is 3.54. The summed E-state index contributed by atoms with van der Waals surface area (Å²) in [6.07, 6.45) is 1.87. The maximum absolute atomic E-state index is 11.8. The third-order valence-corrected chi connectivity index (χ3v) is 3.32. The highest BCUT2D eigenvalue weighted by Crippen LogP contribution is 2.36. The van der Waals surface area contributed by atoms with Crippen LogP contribution in [0.1, 0.15) is 13.2 Å². The van der Waals surface area contributed by atoms with E-state index in [1.54, 1.807) is 0 Å². The molecule has 0 bridgehead atoms. The predicted molar refractivity (Wildman–Crippen MR) is 68.7 cm³/mol. The summed E-state index contributed by atoms with van der Waals surface area (Å²) in [5.74, 6) is 2.21. The van der Waals surface area contributed by atoms with Crippen LogP contribution in [0, 0.1) is 12.3 Å². The first kappa shape index (κ1) is 14.5. The number of ether oxygens (including phenoxy) is 1. The van der Waals surface area contributed by atoms with E-state index in [0.29, 0.717) is 0 Å². The first-order valence-electron chi connectivity index (χ1n) is 5.91. The van der Waals surface area contributed by atoms with Crippen LogP contribution < -0.4 is 17.0 Å². The standard InChI is InChI=1S/C12H15N3O5/c1-3-12(13)9(18)8(6(2)16)20-10(12)15-5-4-7(17)14-11(15)19/h1,4-6,8-10,16,18H,13H2,2H3,(H,14,17,19)/t6-,8-,9?,10-,12-/m1/s1. The summed E-state index contributed by atoms with van der Waals surface area (Å²) in [5.41, 5.74) is 2.88. The van der Waals surface area contributed by atoms with E-state index in [4.69, 9.17) is 16.9 Å². The molecule has 1 saturated heterocycles. The molecule has 8 heteroatoms. The van der Waals surface area contributed by atoms with Crippen LogP contribution in [0.2, 0.25) is 0 Å². The van der Waals surface area contributed by atoms with Gasteiger partial charge in [0.2, 0.25) is 0 Å². The molecular weight excluding hydrogens is 266 g/mol. The van der Waals surface area contributed by atoms with Gasteiger partial charge in [-0.2, -0.15) is 0 Å². The van der Waals surface area contributed by atoms with Crippen molar-refractivity contribution >= 4 is 0 Å². The minimum Gasteiger partial charge on any atom is -0.391 e. The SMILES string of the molecule is C#C[C@@]1(N)C(O)[C@@H]([C@@H](C)O)O[C@H]1n1ccc(=O)[nH]c1=O. The van der Waals surface area contributed by atoms with Crippen LogP contribution in [0.4, 0.5) is 0 Å². The zero-order valence-electron chi connectivity index (χ0n) is 10.7. The highest BCUT2D eigenvalue weighted by molar-refractivity contribution is 5.23. The predicted octanol–water partition coefficient (Wildman–Crippen LogP) is -2.49. The van der Waals surface area contributed by atoms with Crippen LogP contribution in [-0.4, -0.2) is 43.6 Å². The van der Waals surface area contributed by atoms with Gasteiger partial charge in [-0.05, 0) is 6.92 Å². The summed E-state index contributed by atoms with van der Waals surface area (Å²) in [7, 11) is 0. The largest absolute Gasteiger partial charge is 0.391 e. The molecule has 1 aromatic rings. The van der Waals surface area contributed by atoms with Crippen LogP contribution in [0.5, 0.6) is 0 Å². The molecule has 2 heterocycles. The average molecular weight is 281 g/mol. The van der Waals surface area contributed by atoms with Crippen molar-refractivity contribution in [2.75, 3.05) is 0 Å². The van der Waals surface area contributed by atoms with Gasteiger partial charge in [0.05, 0.1) is 6.10 Å². The molecule has 1 aliphatic heterocycles. The molecule has 20 heavy (non-hydrogen) atoms. The second-order valence-electron chi connectivity index (χ2n) is 4.73. The number of H-pyrrole nitrogens is 1. The van der Waals surface area contributed by atoms with Gasteiger partial charge in [0, 0.05) is 12.3 Å². The van der Waals surface area contributed by atoms with Crippen molar-refractivity contribution in [2.45, 2.75) is 37.0 Å². The lowest BCUT2D eigenvalue weighted by molar-refractivity contribution is -0.0778. The Morgan fingerprint density at radius 1 is 1.65 bits per heavy atom. The van der Waals surface area contributed by atoms with E-state index in [-0.39, 0.29) is 0 Å². The topological polar surface area (TPSA) is 131 Å². The van der Waals surface area contributed by atoms with Gasteiger partial charge >= 0.3 is 5.69 Å². The highest BCUT2D eigenvalue weighted by atomic mass is 16.5. The number of rotatable bonds is 2. The van der Waals surface area contributed by atoms with Crippen molar-refractivity contribution < 1.29 is 14.9 Å². The van der Waals surface area contributed by atoms with Gasteiger partial charge in [-0.15, -0.1) is 6.42 Å². The summed E-state index contributed by atoms with van der Waals surface area (Å²) in [6.45, 7) is 1.41. The molecule has 0 spiro atoms. The molecule has 1 fully saturated rings. The third-order valence-electron chi connectivity index (χ3n) is 3.32. The Morgan fingerprint density at radius 3 is 2.80 bits per heavy atom. The number of aliphatic hydroxyl groups is 2. The quantitative estimate of drug-likeness (QED) is 0.443. The van der Waals surface area contributed by atoms with Gasteiger partial charge in [0.1, 0.15) is 12.2 Å². The van der Waals surface area contributed by atoms with Gasteiger partial charge in [0.25, 0.3) is 5.56 Å². The molecule has 0 radical (unpaired) electrons. The van der Waals surface area contributed by atoms with Crippen molar-refractivity contribution in [3.8, 4) is 12.3 Å². The number of hydrogen-bond donors (Lipinski definition) is 4. The Morgan fingerprint density at radius 2 is 2.30 bits per heavy atom. The summed E-state index contributed by atoms with van der Waals surface area (Å²) in [5, 5.41) is 19.7. The number of aliphatic hydroxyl groups excluding tert-OH is 2. The fourth-order valence-corrected chi connectivity index (χ4v) is 2.20. The number of aromatic nitrogens is 2. The van der Waals surface area contributed by atoms with Crippen molar-refractivity contribution in [1.82, 2.24) is 9.55 Å². The van der Waals surface area contributed by atoms with Gasteiger partial charge in [-0.1, -0.05) is 5.92 Å². The minimum atomic E-state index is -1.70. The molecule has 8 nitrogen and oxygen atoms in total. The van der Waals surface area contributed by atoms with Gasteiger partial charge < -0.3 is 20.7 Å². The van der Waals surface area contributed by atoms with Crippen molar-refractivity contribution in [3.05, 3.63) is 33.1 Å². The lowest BCUT2D eigenvalue weighted by Gasteiger charge is -2.27. The zero-order valence-corrected chi connectivity index (χ0v) is 10.7. The van der Waals surface area contributed by atoms with Crippen LogP contribution >= 0.6 is 0 Å². The maximum atomic E-state index is 11.8. The number of nitrogens with zero attached hydrogens (tertiary/aromatic N) is 1. The molecule has 0 aromatic carbocycles. The molecule has 5 atom stereocenters. The van der Waals surface area contributed by atoms with Crippen LogP contribution in [0.3, 0.4) is 0 Å². The van der Waals surface area contributed by atoms with E-state index >= 15 is 0 Å². The van der Waals surface area contributed by atoms with E-state index in [9.17, 15) is 19.8 Å². The fourth-order valence-electron chi connectivity index (χ4n) is 2.20. The highest BCUT2D eigenvalue weighted by Gasteiger charge is 2.55. The molecule has 0 aliphatic carbocycles. The van der Waals surface area contributed by atoms with E-state index in [1.807, 2.05) is 4.98 Å². The van der Waals surface area contributed by atoms with Gasteiger partial charge in [-0.25, -0.2) is 4.79 Å². The lowest BCUT2D eigenvalue weighted by Crippen LogP contribution is -2.55. The molecule has 1 aromatic heterocycles. The molecule has 2 rings (SSSR count). The Bertz CT molecular complexity index is 658.